The van der Waals surface area contributed by atoms with Crippen LogP contribution in [0.2, 0.25) is 36.3 Å². The minimum Gasteiger partial charge on any atom is -0.415 e. The summed E-state index contributed by atoms with van der Waals surface area (Å²) in [6, 6.07) is 0.483. The highest BCUT2D eigenvalue weighted by Gasteiger charge is 2.42. The number of nitrogens with zero attached hydrogens (tertiary/aromatic N) is 1. The molecule has 0 aromatic heterocycles. The Morgan fingerprint density at radius 2 is 1.43 bits per heavy atom. The van der Waals surface area contributed by atoms with Gasteiger partial charge in [-0.3, -0.25) is 4.90 Å². The van der Waals surface area contributed by atoms with Gasteiger partial charge in [0.1, 0.15) is 0 Å². The first-order chi connectivity index (χ1) is 13.6. The first-order valence-electron chi connectivity index (χ1n) is 12.4. The van der Waals surface area contributed by atoms with Crippen molar-refractivity contribution in [3.8, 4) is 0 Å². The van der Waals surface area contributed by atoms with Crippen molar-refractivity contribution in [2.75, 3.05) is 26.2 Å². The van der Waals surface area contributed by atoms with Gasteiger partial charge in [-0.25, -0.2) is 0 Å². The standard InChI is InChI=1S/C24H54N2O2Si2/c1-23(2,3)29(7,8)27-20-21-19-22(28-30(9,10)24(4,5)6)15-18-26(21)17-14-12-11-13-16-25/h21-22H,11-20,25H2,1-10H3/t21-,22?/m0/s1. The highest BCUT2D eigenvalue weighted by atomic mass is 28.4. The molecule has 30 heavy (non-hydrogen) atoms. The molecule has 0 aromatic rings. The van der Waals surface area contributed by atoms with Crippen LogP contribution < -0.4 is 5.73 Å². The predicted octanol–water partition coefficient (Wildman–Crippen LogP) is 6.38. The fourth-order valence-corrected chi connectivity index (χ4v) is 6.01. The molecule has 1 aliphatic heterocycles. The predicted molar refractivity (Wildman–Crippen MR) is 137 cm³/mol. The Hall–Kier alpha value is 0.274. The number of likely N-dealkylation sites (tertiary alicyclic amines) is 1. The molecule has 0 spiro atoms. The zero-order valence-electron chi connectivity index (χ0n) is 22.1. The Labute approximate surface area is 190 Å². The average Bonchev–Trinajstić information content (AvgIpc) is 2.59. The lowest BCUT2D eigenvalue weighted by Crippen LogP contribution is -2.53. The van der Waals surface area contributed by atoms with Gasteiger partial charge in [0.15, 0.2) is 16.6 Å². The van der Waals surface area contributed by atoms with Crippen LogP contribution in [-0.4, -0.2) is 59.9 Å². The second-order valence-corrected chi connectivity index (χ2v) is 22.1. The molecule has 2 N–H and O–H groups in total. The van der Waals surface area contributed by atoms with Gasteiger partial charge in [0, 0.05) is 25.3 Å². The van der Waals surface area contributed by atoms with E-state index in [2.05, 4.69) is 72.6 Å². The van der Waals surface area contributed by atoms with Gasteiger partial charge < -0.3 is 14.6 Å². The second-order valence-electron chi connectivity index (χ2n) is 12.5. The third-order valence-electron chi connectivity index (χ3n) is 7.90. The lowest BCUT2D eigenvalue weighted by molar-refractivity contribution is 0.0240. The summed E-state index contributed by atoms with van der Waals surface area (Å²) in [6.07, 6.45) is 7.62. The van der Waals surface area contributed by atoms with Crippen molar-refractivity contribution in [1.29, 1.82) is 0 Å². The summed E-state index contributed by atoms with van der Waals surface area (Å²) in [4.78, 5) is 2.70. The minimum absolute atomic E-state index is 0.256. The average molecular weight is 459 g/mol. The van der Waals surface area contributed by atoms with Crippen LogP contribution in [-0.2, 0) is 8.85 Å². The van der Waals surface area contributed by atoms with Crippen LogP contribution in [0.5, 0.6) is 0 Å². The lowest BCUT2D eigenvalue weighted by Gasteiger charge is -2.46. The molecule has 0 aromatic carbocycles. The van der Waals surface area contributed by atoms with Gasteiger partial charge in [0.05, 0.1) is 0 Å². The highest BCUT2D eigenvalue weighted by Crippen LogP contribution is 2.40. The van der Waals surface area contributed by atoms with Gasteiger partial charge in [0.2, 0.25) is 0 Å². The van der Waals surface area contributed by atoms with Gasteiger partial charge in [-0.15, -0.1) is 0 Å². The topological polar surface area (TPSA) is 47.7 Å². The third kappa shape index (κ3) is 8.66. The summed E-state index contributed by atoms with van der Waals surface area (Å²) in [7, 11) is -3.48. The van der Waals surface area contributed by atoms with E-state index in [1.165, 1.54) is 25.8 Å². The van der Waals surface area contributed by atoms with Crippen molar-refractivity contribution >= 4 is 16.6 Å². The molecule has 1 saturated heterocycles. The maximum absolute atomic E-state index is 6.83. The number of piperidine rings is 1. The van der Waals surface area contributed by atoms with Gasteiger partial charge >= 0.3 is 0 Å². The van der Waals surface area contributed by atoms with Crippen LogP contribution >= 0.6 is 0 Å². The summed E-state index contributed by atoms with van der Waals surface area (Å²) in [6.45, 7) is 27.5. The molecule has 1 unspecified atom stereocenters. The van der Waals surface area contributed by atoms with E-state index in [0.29, 0.717) is 12.1 Å². The second kappa shape index (κ2) is 11.4. The summed E-state index contributed by atoms with van der Waals surface area (Å²) in [5, 5.41) is 0.520. The largest absolute Gasteiger partial charge is 0.415 e. The Balaban J connectivity index is 2.77. The van der Waals surface area contributed by atoms with Gasteiger partial charge in [-0.1, -0.05) is 54.4 Å². The normalized spacial score (nSPS) is 22.5. The molecule has 6 heteroatoms. The lowest BCUT2D eigenvalue weighted by atomic mass is 9.99. The maximum atomic E-state index is 6.83. The first kappa shape index (κ1) is 28.3. The van der Waals surface area contributed by atoms with E-state index < -0.39 is 16.6 Å². The van der Waals surface area contributed by atoms with Crippen LogP contribution in [0.3, 0.4) is 0 Å². The maximum Gasteiger partial charge on any atom is 0.192 e. The molecular formula is C24H54N2O2Si2. The number of rotatable bonds is 11. The molecule has 0 radical (unpaired) electrons. The van der Waals surface area contributed by atoms with Crippen LogP contribution in [0.25, 0.3) is 0 Å². The quantitative estimate of drug-likeness (QED) is 0.288. The summed E-state index contributed by atoms with van der Waals surface area (Å²) < 4.78 is 13.5. The molecular weight excluding hydrogens is 404 g/mol. The Morgan fingerprint density at radius 3 is 1.97 bits per heavy atom. The molecule has 180 valence electrons. The van der Waals surface area contributed by atoms with E-state index in [1.807, 2.05) is 0 Å². The molecule has 1 rings (SSSR count). The fraction of sp³-hybridized carbons (Fsp3) is 1.00. The van der Waals surface area contributed by atoms with Crippen LogP contribution in [0.4, 0.5) is 0 Å². The van der Waals surface area contributed by atoms with Crippen LogP contribution in [0.1, 0.15) is 80.1 Å². The molecule has 0 bridgehead atoms. The minimum atomic E-state index is -1.74. The zero-order valence-corrected chi connectivity index (χ0v) is 24.1. The molecule has 2 atom stereocenters. The highest BCUT2D eigenvalue weighted by molar-refractivity contribution is 6.74. The molecule has 1 heterocycles. The van der Waals surface area contributed by atoms with E-state index in [9.17, 15) is 0 Å². The fourth-order valence-electron chi connectivity index (χ4n) is 3.56. The number of unbranched alkanes of at least 4 members (excludes halogenated alkanes) is 3. The molecule has 0 saturated carbocycles. The number of hydrogen-bond acceptors (Lipinski definition) is 4. The number of nitrogens with two attached hydrogens (primary N) is 1. The van der Waals surface area contributed by atoms with Crippen molar-refractivity contribution in [3.63, 3.8) is 0 Å². The van der Waals surface area contributed by atoms with Crippen LogP contribution in [0.15, 0.2) is 0 Å². The van der Waals surface area contributed by atoms with Gasteiger partial charge in [-0.2, -0.15) is 0 Å². The Kier molecular flexibility index (Phi) is 10.8. The van der Waals surface area contributed by atoms with E-state index in [-0.39, 0.29) is 10.1 Å². The monoisotopic (exact) mass is 458 g/mol. The molecule has 1 fully saturated rings. The van der Waals surface area contributed by atoms with Crippen molar-refractivity contribution in [3.05, 3.63) is 0 Å². The van der Waals surface area contributed by atoms with E-state index >= 15 is 0 Å². The van der Waals surface area contributed by atoms with Gasteiger partial charge in [0.25, 0.3) is 0 Å². The Bertz CT molecular complexity index is 498. The molecule has 0 amide bonds. The number of hydrogen-bond donors (Lipinski definition) is 1. The van der Waals surface area contributed by atoms with E-state index in [4.69, 9.17) is 14.6 Å². The van der Waals surface area contributed by atoms with Gasteiger partial charge in [-0.05, 0) is 75.0 Å². The Morgan fingerprint density at radius 1 is 0.867 bits per heavy atom. The molecule has 1 aliphatic rings. The molecule has 4 nitrogen and oxygen atoms in total. The summed E-state index contributed by atoms with van der Waals surface area (Å²) >= 11 is 0. The SMILES string of the molecule is CC(C)(C)[Si](C)(C)OC[C@@H]1CC(O[Si](C)(C)C(C)(C)C)CCN1CCCCCCN. The zero-order chi connectivity index (χ0) is 23.2. The van der Waals surface area contributed by atoms with Crippen LogP contribution in [0, 0.1) is 0 Å². The first-order valence-corrected chi connectivity index (χ1v) is 18.2. The third-order valence-corrected chi connectivity index (χ3v) is 16.9. The van der Waals surface area contributed by atoms with Crippen molar-refractivity contribution in [2.45, 2.75) is 128 Å². The summed E-state index contributed by atoms with van der Waals surface area (Å²) in [5.74, 6) is 0. The molecule has 0 aliphatic carbocycles. The van der Waals surface area contributed by atoms with E-state index in [1.54, 1.807) is 0 Å². The summed E-state index contributed by atoms with van der Waals surface area (Å²) in [5.41, 5.74) is 5.65. The van der Waals surface area contributed by atoms with Crippen molar-refractivity contribution in [1.82, 2.24) is 4.90 Å². The van der Waals surface area contributed by atoms with Crippen molar-refractivity contribution < 1.29 is 8.85 Å². The van der Waals surface area contributed by atoms with Crippen molar-refractivity contribution in [2.24, 2.45) is 5.73 Å². The smallest absolute Gasteiger partial charge is 0.192 e. The van der Waals surface area contributed by atoms with E-state index in [0.717, 1.165) is 39.0 Å².